The van der Waals surface area contributed by atoms with E-state index >= 15 is 0 Å². The summed E-state index contributed by atoms with van der Waals surface area (Å²) in [6.45, 7) is 4.93. The van der Waals surface area contributed by atoms with E-state index in [1.54, 1.807) is 11.3 Å². The molecular weight excluding hydrogens is 256 g/mol. The number of anilines is 2. The Morgan fingerprint density at radius 1 is 1.32 bits per heavy atom. The van der Waals surface area contributed by atoms with Gasteiger partial charge in [-0.25, -0.2) is 0 Å². The standard InChI is InChI=1S/C14H18N4S/c1-2-15-14-17-16-13(19-14)10-18-9-5-7-11-6-3-4-8-12(11)18/h3-4,6,8H,2,5,7,9-10H2,1H3,(H,15,17). The van der Waals surface area contributed by atoms with Gasteiger partial charge in [0.1, 0.15) is 5.01 Å². The Morgan fingerprint density at radius 2 is 2.21 bits per heavy atom. The third-order valence-corrected chi connectivity index (χ3v) is 4.19. The summed E-state index contributed by atoms with van der Waals surface area (Å²) in [7, 11) is 0. The number of hydrogen-bond acceptors (Lipinski definition) is 5. The van der Waals surface area contributed by atoms with E-state index in [-0.39, 0.29) is 0 Å². The van der Waals surface area contributed by atoms with Gasteiger partial charge in [-0.2, -0.15) is 0 Å². The lowest BCUT2D eigenvalue weighted by Crippen LogP contribution is -2.28. The Bertz CT molecular complexity index is 552. The second-order valence-corrected chi connectivity index (χ2v) is 5.75. The second kappa shape index (κ2) is 5.57. The first kappa shape index (κ1) is 12.4. The van der Waals surface area contributed by atoms with E-state index in [0.717, 1.165) is 29.8 Å². The van der Waals surface area contributed by atoms with Crippen molar-refractivity contribution in [1.82, 2.24) is 10.2 Å². The number of aryl methyl sites for hydroxylation is 1. The van der Waals surface area contributed by atoms with Crippen molar-refractivity contribution in [2.75, 3.05) is 23.3 Å². The molecule has 1 N–H and O–H groups in total. The highest BCUT2D eigenvalue weighted by Crippen LogP contribution is 2.29. The second-order valence-electron chi connectivity index (χ2n) is 4.69. The third kappa shape index (κ3) is 2.71. The lowest BCUT2D eigenvalue weighted by atomic mass is 10.0. The monoisotopic (exact) mass is 274 g/mol. The predicted molar refractivity (Wildman–Crippen MR) is 79.9 cm³/mol. The number of benzene rings is 1. The van der Waals surface area contributed by atoms with Gasteiger partial charge < -0.3 is 10.2 Å². The zero-order chi connectivity index (χ0) is 13.1. The summed E-state index contributed by atoms with van der Waals surface area (Å²) in [6, 6.07) is 8.67. The molecule has 0 amide bonds. The number of para-hydroxylation sites is 1. The van der Waals surface area contributed by atoms with E-state index in [4.69, 9.17) is 0 Å². The molecule has 0 radical (unpaired) electrons. The molecule has 0 aliphatic carbocycles. The van der Waals surface area contributed by atoms with Gasteiger partial charge in [-0.05, 0) is 31.4 Å². The summed E-state index contributed by atoms with van der Waals surface area (Å²) in [4.78, 5) is 2.41. The topological polar surface area (TPSA) is 41.1 Å². The molecule has 1 aromatic carbocycles. The first-order valence-corrected chi connectivity index (χ1v) is 7.57. The predicted octanol–water partition coefficient (Wildman–Crippen LogP) is 2.92. The fourth-order valence-electron chi connectivity index (χ4n) is 2.48. The Labute approximate surface area is 117 Å². The van der Waals surface area contributed by atoms with Crippen LogP contribution < -0.4 is 10.2 Å². The summed E-state index contributed by atoms with van der Waals surface area (Å²) in [5.41, 5.74) is 2.80. The van der Waals surface area contributed by atoms with Crippen LogP contribution in [0.2, 0.25) is 0 Å². The van der Waals surface area contributed by atoms with Crippen LogP contribution in [0.4, 0.5) is 10.8 Å². The normalized spacial score (nSPS) is 14.3. The van der Waals surface area contributed by atoms with E-state index in [1.807, 2.05) is 0 Å². The van der Waals surface area contributed by atoms with Crippen LogP contribution in [0, 0.1) is 0 Å². The molecule has 100 valence electrons. The molecule has 3 rings (SSSR count). The highest BCUT2D eigenvalue weighted by Gasteiger charge is 2.17. The van der Waals surface area contributed by atoms with Crippen LogP contribution >= 0.6 is 11.3 Å². The molecule has 0 spiro atoms. The van der Waals surface area contributed by atoms with Crippen molar-refractivity contribution in [1.29, 1.82) is 0 Å². The molecule has 2 aromatic rings. The lowest BCUT2D eigenvalue weighted by Gasteiger charge is -2.30. The van der Waals surface area contributed by atoms with Crippen LogP contribution in [0.3, 0.4) is 0 Å². The number of hydrogen-bond donors (Lipinski definition) is 1. The van der Waals surface area contributed by atoms with E-state index in [1.165, 1.54) is 24.1 Å². The molecule has 19 heavy (non-hydrogen) atoms. The molecule has 5 heteroatoms. The van der Waals surface area contributed by atoms with Gasteiger partial charge in [0.05, 0.1) is 6.54 Å². The van der Waals surface area contributed by atoms with Gasteiger partial charge in [0, 0.05) is 18.8 Å². The Hall–Kier alpha value is -1.62. The fraction of sp³-hybridized carbons (Fsp3) is 0.429. The van der Waals surface area contributed by atoms with E-state index < -0.39 is 0 Å². The first-order chi connectivity index (χ1) is 9.36. The maximum Gasteiger partial charge on any atom is 0.205 e. The number of nitrogens with zero attached hydrogens (tertiary/aromatic N) is 3. The first-order valence-electron chi connectivity index (χ1n) is 6.76. The average molecular weight is 274 g/mol. The smallest absolute Gasteiger partial charge is 0.205 e. The van der Waals surface area contributed by atoms with Crippen molar-refractivity contribution >= 4 is 22.2 Å². The Kier molecular flexibility index (Phi) is 3.64. The van der Waals surface area contributed by atoms with Gasteiger partial charge >= 0.3 is 0 Å². The summed E-state index contributed by atoms with van der Waals surface area (Å²) in [6.07, 6.45) is 2.40. The van der Waals surface area contributed by atoms with Gasteiger partial charge in [-0.1, -0.05) is 29.5 Å². The molecule has 0 saturated carbocycles. The number of rotatable bonds is 4. The maximum atomic E-state index is 4.27. The minimum Gasteiger partial charge on any atom is -0.364 e. The van der Waals surface area contributed by atoms with Crippen LogP contribution in [-0.2, 0) is 13.0 Å². The number of nitrogens with one attached hydrogen (secondary N) is 1. The van der Waals surface area contributed by atoms with E-state index in [9.17, 15) is 0 Å². The molecule has 0 bridgehead atoms. The molecule has 0 atom stereocenters. The zero-order valence-corrected chi connectivity index (χ0v) is 11.9. The maximum absolute atomic E-state index is 4.27. The average Bonchev–Trinajstić information content (AvgIpc) is 2.87. The number of fused-ring (bicyclic) bond motifs is 1. The molecule has 0 unspecified atom stereocenters. The molecule has 0 fully saturated rings. The summed E-state index contributed by atoms with van der Waals surface area (Å²) < 4.78 is 0. The van der Waals surface area contributed by atoms with Crippen LogP contribution in [-0.4, -0.2) is 23.3 Å². The van der Waals surface area contributed by atoms with Gasteiger partial charge in [0.2, 0.25) is 5.13 Å². The largest absolute Gasteiger partial charge is 0.364 e. The quantitative estimate of drug-likeness (QED) is 0.930. The van der Waals surface area contributed by atoms with Crippen molar-refractivity contribution in [2.45, 2.75) is 26.3 Å². The molecule has 0 saturated heterocycles. The number of aromatic nitrogens is 2. The molecule has 2 heterocycles. The van der Waals surface area contributed by atoms with Crippen LogP contribution in [0.1, 0.15) is 23.9 Å². The molecule has 1 aromatic heterocycles. The van der Waals surface area contributed by atoms with Gasteiger partial charge in [0.15, 0.2) is 0 Å². The highest BCUT2D eigenvalue weighted by atomic mass is 32.1. The van der Waals surface area contributed by atoms with Crippen LogP contribution in [0.25, 0.3) is 0 Å². The fourth-order valence-corrected chi connectivity index (χ4v) is 3.30. The van der Waals surface area contributed by atoms with Crippen molar-refractivity contribution in [2.24, 2.45) is 0 Å². The Balaban J connectivity index is 1.76. The molecule has 4 nitrogen and oxygen atoms in total. The highest BCUT2D eigenvalue weighted by molar-refractivity contribution is 7.15. The zero-order valence-electron chi connectivity index (χ0n) is 11.1. The molecule has 1 aliphatic heterocycles. The van der Waals surface area contributed by atoms with Crippen LogP contribution in [0.15, 0.2) is 24.3 Å². The Morgan fingerprint density at radius 3 is 3.11 bits per heavy atom. The third-order valence-electron chi connectivity index (χ3n) is 3.33. The molecule has 1 aliphatic rings. The van der Waals surface area contributed by atoms with Gasteiger partial charge in [-0.15, -0.1) is 10.2 Å². The summed E-state index contributed by atoms with van der Waals surface area (Å²) in [5, 5.41) is 13.6. The minimum atomic E-state index is 0.861. The van der Waals surface area contributed by atoms with Crippen molar-refractivity contribution in [3.8, 4) is 0 Å². The molecular formula is C14H18N4S. The minimum absolute atomic E-state index is 0.861. The summed E-state index contributed by atoms with van der Waals surface area (Å²) >= 11 is 1.65. The van der Waals surface area contributed by atoms with E-state index in [2.05, 4.69) is 51.6 Å². The van der Waals surface area contributed by atoms with Gasteiger partial charge in [-0.3, -0.25) is 0 Å². The van der Waals surface area contributed by atoms with Gasteiger partial charge in [0.25, 0.3) is 0 Å². The van der Waals surface area contributed by atoms with E-state index in [0.29, 0.717) is 0 Å². The van der Waals surface area contributed by atoms with Crippen molar-refractivity contribution in [3.63, 3.8) is 0 Å². The SMILES string of the molecule is CCNc1nnc(CN2CCCc3ccccc32)s1. The summed E-state index contributed by atoms with van der Waals surface area (Å²) in [5.74, 6) is 0. The van der Waals surface area contributed by atoms with Crippen molar-refractivity contribution < 1.29 is 0 Å². The van der Waals surface area contributed by atoms with Crippen molar-refractivity contribution in [3.05, 3.63) is 34.8 Å². The van der Waals surface area contributed by atoms with Crippen LogP contribution in [0.5, 0.6) is 0 Å². The lowest BCUT2D eigenvalue weighted by molar-refractivity contribution is 0.686.